The van der Waals surface area contributed by atoms with E-state index in [1.165, 1.54) is 0 Å². The van der Waals surface area contributed by atoms with Crippen LogP contribution in [0.3, 0.4) is 0 Å². The fourth-order valence-corrected chi connectivity index (χ4v) is 2.56. The highest BCUT2D eigenvalue weighted by atomic mass is 16.5. The molecule has 0 aliphatic carbocycles. The van der Waals surface area contributed by atoms with Gasteiger partial charge in [0.15, 0.2) is 5.82 Å². The molecule has 0 bridgehead atoms. The van der Waals surface area contributed by atoms with Gasteiger partial charge in [0.2, 0.25) is 0 Å². The first-order chi connectivity index (χ1) is 12.1. The number of nitrogens with one attached hydrogen (secondary N) is 1. The number of aromatic nitrogens is 3. The number of aryl methyl sites for hydroxylation is 2. The minimum atomic E-state index is 0.561. The van der Waals surface area contributed by atoms with Gasteiger partial charge in [-0.15, -0.1) is 0 Å². The van der Waals surface area contributed by atoms with Crippen molar-refractivity contribution >= 4 is 5.82 Å². The molecule has 7 nitrogen and oxygen atoms in total. The van der Waals surface area contributed by atoms with Crippen molar-refractivity contribution in [2.75, 3.05) is 19.5 Å². The third-order valence-corrected chi connectivity index (χ3v) is 3.87. The van der Waals surface area contributed by atoms with Crippen LogP contribution < -0.4 is 14.8 Å². The Morgan fingerprint density at radius 2 is 1.96 bits per heavy atom. The smallest absolute Gasteiger partial charge is 0.166 e. The second-order valence-corrected chi connectivity index (χ2v) is 5.50. The molecule has 1 N–H and O–H groups in total. The molecule has 25 heavy (non-hydrogen) atoms. The molecule has 3 rings (SSSR count). The second kappa shape index (κ2) is 7.21. The van der Waals surface area contributed by atoms with Crippen LogP contribution in [0.4, 0.5) is 5.82 Å². The predicted molar refractivity (Wildman–Crippen MR) is 93.9 cm³/mol. The number of rotatable bonds is 6. The van der Waals surface area contributed by atoms with Crippen LogP contribution in [0.15, 0.2) is 35.0 Å². The topological polar surface area (TPSA) is 82.3 Å². The summed E-state index contributed by atoms with van der Waals surface area (Å²) in [7, 11) is 3.27. The Labute approximate surface area is 146 Å². The summed E-state index contributed by atoms with van der Waals surface area (Å²) in [6.45, 7) is 4.28. The maximum atomic E-state index is 5.42. The van der Waals surface area contributed by atoms with Gasteiger partial charge in [-0.2, -0.15) is 0 Å². The molecule has 0 radical (unpaired) electrons. The van der Waals surface area contributed by atoms with Gasteiger partial charge in [-0.05, 0) is 32.0 Å². The molecule has 0 amide bonds. The minimum Gasteiger partial charge on any atom is -0.497 e. The van der Waals surface area contributed by atoms with Crippen molar-refractivity contribution in [2.45, 2.75) is 20.4 Å². The average molecular weight is 340 g/mol. The number of ether oxygens (including phenoxy) is 2. The van der Waals surface area contributed by atoms with E-state index in [1.54, 1.807) is 20.4 Å². The standard InChI is InChI=1S/C18H20N4O3/c1-11-17(12(2)25-22-11)18-19-8-7-16(21-18)20-10-13-5-6-14(23-3)9-15(13)24-4/h5-9H,10H2,1-4H3,(H,19,20,21). The van der Waals surface area contributed by atoms with Gasteiger partial charge in [0.05, 0.1) is 25.5 Å². The Morgan fingerprint density at radius 1 is 1.12 bits per heavy atom. The van der Waals surface area contributed by atoms with E-state index >= 15 is 0 Å². The second-order valence-electron chi connectivity index (χ2n) is 5.50. The molecular formula is C18H20N4O3. The predicted octanol–water partition coefficient (Wildman–Crippen LogP) is 3.38. The highest BCUT2D eigenvalue weighted by molar-refractivity contribution is 5.61. The highest BCUT2D eigenvalue weighted by Crippen LogP contribution is 2.26. The maximum Gasteiger partial charge on any atom is 0.166 e. The van der Waals surface area contributed by atoms with Gasteiger partial charge in [-0.25, -0.2) is 9.97 Å². The number of hydrogen-bond donors (Lipinski definition) is 1. The molecular weight excluding hydrogens is 320 g/mol. The number of benzene rings is 1. The van der Waals surface area contributed by atoms with Crippen LogP contribution in [0.1, 0.15) is 17.0 Å². The van der Waals surface area contributed by atoms with Crippen molar-refractivity contribution in [2.24, 2.45) is 0 Å². The summed E-state index contributed by atoms with van der Waals surface area (Å²) in [5, 5.41) is 7.24. The van der Waals surface area contributed by atoms with Crippen LogP contribution in [-0.2, 0) is 6.54 Å². The number of anilines is 1. The summed E-state index contributed by atoms with van der Waals surface area (Å²) in [6, 6.07) is 7.53. The van der Waals surface area contributed by atoms with E-state index in [-0.39, 0.29) is 0 Å². The SMILES string of the molecule is COc1ccc(CNc2ccnc(-c3c(C)noc3C)n2)c(OC)c1. The Bertz CT molecular complexity index is 857. The third-order valence-electron chi connectivity index (χ3n) is 3.87. The molecule has 2 heterocycles. The van der Waals surface area contributed by atoms with E-state index in [0.29, 0.717) is 23.9 Å². The summed E-state index contributed by atoms with van der Waals surface area (Å²) in [6.07, 6.45) is 1.71. The molecule has 0 unspecified atom stereocenters. The number of nitrogens with zero attached hydrogens (tertiary/aromatic N) is 3. The van der Waals surface area contributed by atoms with E-state index in [4.69, 9.17) is 14.0 Å². The van der Waals surface area contributed by atoms with Gasteiger partial charge in [0.25, 0.3) is 0 Å². The molecule has 7 heteroatoms. The lowest BCUT2D eigenvalue weighted by atomic mass is 10.2. The number of methoxy groups -OCH3 is 2. The lowest BCUT2D eigenvalue weighted by molar-refractivity contribution is 0.391. The monoisotopic (exact) mass is 340 g/mol. The van der Waals surface area contributed by atoms with Crippen LogP contribution in [0.5, 0.6) is 11.5 Å². The Hall–Kier alpha value is -3.09. The van der Waals surface area contributed by atoms with Gasteiger partial charge in [-0.1, -0.05) is 5.16 Å². The quantitative estimate of drug-likeness (QED) is 0.736. The van der Waals surface area contributed by atoms with E-state index in [0.717, 1.165) is 28.3 Å². The molecule has 1 aromatic carbocycles. The molecule has 0 fully saturated rings. The summed E-state index contributed by atoms with van der Waals surface area (Å²) < 4.78 is 15.8. The molecule has 0 spiro atoms. The summed E-state index contributed by atoms with van der Waals surface area (Å²) in [5.41, 5.74) is 2.60. The lowest BCUT2D eigenvalue weighted by Crippen LogP contribution is -2.04. The largest absolute Gasteiger partial charge is 0.497 e. The molecule has 0 aliphatic rings. The minimum absolute atomic E-state index is 0.561. The maximum absolute atomic E-state index is 5.42. The Morgan fingerprint density at radius 3 is 2.64 bits per heavy atom. The first-order valence-corrected chi connectivity index (χ1v) is 7.83. The molecule has 2 aromatic heterocycles. The zero-order valence-corrected chi connectivity index (χ0v) is 14.7. The Kier molecular flexibility index (Phi) is 4.83. The molecule has 0 saturated heterocycles. The van der Waals surface area contributed by atoms with Crippen LogP contribution >= 0.6 is 0 Å². The van der Waals surface area contributed by atoms with E-state index in [9.17, 15) is 0 Å². The van der Waals surface area contributed by atoms with Crippen LogP contribution in [0.25, 0.3) is 11.4 Å². The van der Waals surface area contributed by atoms with Crippen LogP contribution in [-0.4, -0.2) is 29.3 Å². The zero-order valence-electron chi connectivity index (χ0n) is 14.7. The normalized spacial score (nSPS) is 10.6. The molecule has 3 aromatic rings. The Balaban J connectivity index is 1.80. The van der Waals surface area contributed by atoms with Gasteiger partial charge in [0, 0.05) is 24.4 Å². The van der Waals surface area contributed by atoms with Crippen LogP contribution in [0.2, 0.25) is 0 Å². The van der Waals surface area contributed by atoms with Crippen molar-refractivity contribution < 1.29 is 14.0 Å². The first-order valence-electron chi connectivity index (χ1n) is 7.83. The van der Waals surface area contributed by atoms with Crippen molar-refractivity contribution in [1.82, 2.24) is 15.1 Å². The van der Waals surface area contributed by atoms with Crippen LogP contribution in [0, 0.1) is 13.8 Å². The van der Waals surface area contributed by atoms with Gasteiger partial charge in [0.1, 0.15) is 23.1 Å². The van der Waals surface area contributed by atoms with Crippen molar-refractivity contribution in [3.05, 3.63) is 47.5 Å². The fourth-order valence-electron chi connectivity index (χ4n) is 2.56. The zero-order chi connectivity index (χ0) is 17.8. The summed E-state index contributed by atoms with van der Waals surface area (Å²) in [5.74, 6) is 3.51. The highest BCUT2D eigenvalue weighted by Gasteiger charge is 2.14. The van der Waals surface area contributed by atoms with Gasteiger partial charge in [-0.3, -0.25) is 0 Å². The van der Waals surface area contributed by atoms with Crippen molar-refractivity contribution in [3.8, 4) is 22.9 Å². The molecule has 0 atom stereocenters. The number of hydrogen-bond acceptors (Lipinski definition) is 7. The summed E-state index contributed by atoms with van der Waals surface area (Å²) >= 11 is 0. The third kappa shape index (κ3) is 3.55. The first kappa shape index (κ1) is 16.8. The fraction of sp³-hybridized carbons (Fsp3) is 0.278. The van der Waals surface area contributed by atoms with E-state index in [1.807, 2.05) is 38.1 Å². The molecule has 0 aliphatic heterocycles. The molecule has 0 saturated carbocycles. The van der Waals surface area contributed by atoms with E-state index in [2.05, 4.69) is 20.4 Å². The molecule has 130 valence electrons. The summed E-state index contributed by atoms with van der Waals surface area (Å²) in [4.78, 5) is 8.88. The average Bonchev–Trinajstić information content (AvgIpc) is 2.98. The van der Waals surface area contributed by atoms with Crippen molar-refractivity contribution in [1.29, 1.82) is 0 Å². The van der Waals surface area contributed by atoms with E-state index < -0.39 is 0 Å². The lowest BCUT2D eigenvalue weighted by Gasteiger charge is -2.12. The van der Waals surface area contributed by atoms with Gasteiger partial charge < -0.3 is 19.3 Å². The van der Waals surface area contributed by atoms with Crippen molar-refractivity contribution in [3.63, 3.8) is 0 Å². The van der Waals surface area contributed by atoms with Gasteiger partial charge >= 0.3 is 0 Å².